The SMILES string of the molecule is Cn1nccc1Nc1cnc2c(c1)CN(c1ncnc3sccc13)CC2. The second-order valence-corrected chi connectivity index (χ2v) is 7.20. The normalized spacial score (nSPS) is 13.8. The van der Waals surface area contributed by atoms with Gasteiger partial charge in [0.2, 0.25) is 0 Å². The molecule has 1 aliphatic rings. The van der Waals surface area contributed by atoms with E-state index < -0.39 is 0 Å². The molecule has 5 heterocycles. The van der Waals surface area contributed by atoms with E-state index in [9.17, 15) is 0 Å². The molecule has 4 aromatic rings. The number of nitrogens with one attached hydrogen (secondary N) is 1. The van der Waals surface area contributed by atoms with Crippen LogP contribution in [0.15, 0.2) is 42.3 Å². The summed E-state index contributed by atoms with van der Waals surface area (Å²) in [5.41, 5.74) is 3.36. The topological polar surface area (TPSA) is 71.8 Å². The Morgan fingerprint density at radius 2 is 2.15 bits per heavy atom. The van der Waals surface area contributed by atoms with Gasteiger partial charge >= 0.3 is 0 Å². The second kappa shape index (κ2) is 6.06. The predicted molar refractivity (Wildman–Crippen MR) is 103 cm³/mol. The number of anilines is 3. The van der Waals surface area contributed by atoms with Crippen LogP contribution in [0.25, 0.3) is 10.2 Å². The number of pyridine rings is 1. The Morgan fingerprint density at radius 1 is 1.19 bits per heavy atom. The molecule has 0 fully saturated rings. The number of fused-ring (bicyclic) bond motifs is 2. The summed E-state index contributed by atoms with van der Waals surface area (Å²) in [7, 11) is 1.91. The molecule has 0 bridgehead atoms. The van der Waals surface area contributed by atoms with Gasteiger partial charge in [-0.2, -0.15) is 5.10 Å². The highest BCUT2D eigenvalue weighted by atomic mass is 32.1. The van der Waals surface area contributed by atoms with Crippen molar-refractivity contribution in [1.29, 1.82) is 0 Å². The summed E-state index contributed by atoms with van der Waals surface area (Å²) in [4.78, 5) is 16.9. The van der Waals surface area contributed by atoms with E-state index in [1.807, 2.05) is 19.3 Å². The molecule has 0 amide bonds. The molecule has 0 radical (unpaired) electrons. The van der Waals surface area contributed by atoms with E-state index in [0.717, 1.165) is 52.7 Å². The third-order valence-electron chi connectivity index (χ3n) is 4.67. The smallest absolute Gasteiger partial charge is 0.141 e. The molecule has 0 aliphatic carbocycles. The van der Waals surface area contributed by atoms with Gasteiger partial charge in [-0.05, 0) is 23.1 Å². The zero-order chi connectivity index (χ0) is 17.5. The third-order valence-corrected chi connectivity index (χ3v) is 5.49. The fraction of sp³-hybridized carbons (Fsp3) is 0.222. The van der Waals surface area contributed by atoms with Crippen molar-refractivity contribution in [3.05, 3.63) is 53.6 Å². The van der Waals surface area contributed by atoms with Crippen LogP contribution in [-0.4, -0.2) is 31.3 Å². The third kappa shape index (κ3) is 2.59. The highest BCUT2D eigenvalue weighted by molar-refractivity contribution is 7.16. The lowest BCUT2D eigenvalue weighted by atomic mass is 10.0. The highest BCUT2D eigenvalue weighted by Crippen LogP contribution is 2.31. The molecule has 1 N–H and O–H groups in total. The molecule has 0 saturated heterocycles. The van der Waals surface area contributed by atoms with Crippen molar-refractivity contribution in [1.82, 2.24) is 24.7 Å². The molecule has 0 atom stereocenters. The average molecular weight is 363 g/mol. The van der Waals surface area contributed by atoms with Crippen LogP contribution < -0.4 is 10.2 Å². The summed E-state index contributed by atoms with van der Waals surface area (Å²) in [5.74, 6) is 1.95. The van der Waals surface area contributed by atoms with Gasteiger partial charge in [0.15, 0.2) is 0 Å². The van der Waals surface area contributed by atoms with E-state index in [1.165, 1.54) is 5.56 Å². The van der Waals surface area contributed by atoms with Crippen molar-refractivity contribution < 1.29 is 0 Å². The quantitative estimate of drug-likeness (QED) is 0.603. The van der Waals surface area contributed by atoms with Crippen molar-refractivity contribution >= 4 is 38.9 Å². The van der Waals surface area contributed by atoms with E-state index in [1.54, 1.807) is 28.5 Å². The van der Waals surface area contributed by atoms with Crippen LogP contribution in [0.3, 0.4) is 0 Å². The Balaban J connectivity index is 1.45. The van der Waals surface area contributed by atoms with Crippen molar-refractivity contribution in [2.24, 2.45) is 7.05 Å². The van der Waals surface area contributed by atoms with E-state index in [-0.39, 0.29) is 0 Å². The minimum atomic E-state index is 0.797. The largest absolute Gasteiger partial charge is 0.351 e. The Labute approximate surface area is 154 Å². The zero-order valence-corrected chi connectivity index (χ0v) is 15.1. The molecule has 0 aromatic carbocycles. The lowest BCUT2D eigenvalue weighted by Gasteiger charge is -2.29. The van der Waals surface area contributed by atoms with E-state index in [2.05, 4.69) is 47.8 Å². The van der Waals surface area contributed by atoms with Gasteiger partial charge in [0, 0.05) is 38.3 Å². The first kappa shape index (κ1) is 15.3. The van der Waals surface area contributed by atoms with Crippen LogP contribution in [0.4, 0.5) is 17.3 Å². The summed E-state index contributed by atoms with van der Waals surface area (Å²) in [6, 6.07) is 6.22. The van der Waals surface area contributed by atoms with E-state index in [0.29, 0.717) is 0 Å². The van der Waals surface area contributed by atoms with Crippen LogP contribution in [0.1, 0.15) is 11.3 Å². The molecule has 26 heavy (non-hydrogen) atoms. The number of rotatable bonds is 3. The van der Waals surface area contributed by atoms with Crippen molar-refractivity contribution in [2.75, 3.05) is 16.8 Å². The summed E-state index contributed by atoms with van der Waals surface area (Å²) in [5, 5.41) is 10.8. The van der Waals surface area contributed by atoms with Gasteiger partial charge in [-0.15, -0.1) is 11.3 Å². The predicted octanol–water partition coefficient (Wildman–Crippen LogP) is 3.13. The summed E-state index contributed by atoms with van der Waals surface area (Å²) in [6.07, 6.45) is 6.24. The maximum absolute atomic E-state index is 4.66. The highest BCUT2D eigenvalue weighted by Gasteiger charge is 2.21. The molecular formula is C18H17N7S. The maximum Gasteiger partial charge on any atom is 0.141 e. The van der Waals surface area contributed by atoms with Crippen molar-refractivity contribution in [2.45, 2.75) is 13.0 Å². The Bertz CT molecular complexity index is 1080. The van der Waals surface area contributed by atoms with Crippen molar-refractivity contribution in [3.8, 4) is 0 Å². The number of hydrogen-bond acceptors (Lipinski definition) is 7. The van der Waals surface area contributed by atoms with E-state index >= 15 is 0 Å². The van der Waals surface area contributed by atoms with Crippen LogP contribution in [0.2, 0.25) is 0 Å². The number of hydrogen-bond donors (Lipinski definition) is 1. The standard InChI is InChI=1S/C18H17N7S/c1-24-16(2-5-22-24)23-13-8-12-10-25(6-3-15(12)19-9-13)17-14-4-7-26-18(14)21-11-20-17/h2,4-5,7-9,11,23H,3,6,10H2,1H3. The van der Waals surface area contributed by atoms with Gasteiger partial charge in [-0.25, -0.2) is 9.97 Å². The zero-order valence-electron chi connectivity index (χ0n) is 14.3. The van der Waals surface area contributed by atoms with Crippen LogP contribution >= 0.6 is 11.3 Å². The number of aryl methyl sites for hydroxylation is 1. The Kier molecular flexibility index (Phi) is 3.56. The first-order valence-electron chi connectivity index (χ1n) is 8.44. The van der Waals surface area contributed by atoms with Gasteiger partial charge in [0.05, 0.1) is 23.5 Å². The van der Waals surface area contributed by atoms with Crippen LogP contribution in [0.5, 0.6) is 0 Å². The van der Waals surface area contributed by atoms with Crippen LogP contribution in [0, 0.1) is 0 Å². The molecule has 130 valence electrons. The molecule has 7 nitrogen and oxygen atoms in total. The molecule has 0 saturated carbocycles. The molecule has 0 unspecified atom stereocenters. The minimum absolute atomic E-state index is 0.797. The van der Waals surface area contributed by atoms with Gasteiger partial charge < -0.3 is 10.2 Å². The lowest BCUT2D eigenvalue weighted by Crippen LogP contribution is -2.31. The van der Waals surface area contributed by atoms with Gasteiger partial charge in [-0.3, -0.25) is 9.67 Å². The van der Waals surface area contributed by atoms with E-state index in [4.69, 9.17) is 0 Å². The Hall–Kier alpha value is -3.00. The fourth-order valence-corrected chi connectivity index (χ4v) is 4.08. The number of nitrogens with zero attached hydrogens (tertiary/aromatic N) is 6. The first-order valence-corrected chi connectivity index (χ1v) is 9.32. The van der Waals surface area contributed by atoms with Crippen molar-refractivity contribution in [3.63, 3.8) is 0 Å². The van der Waals surface area contributed by atoms with Gasteiger partial charge in [0.1, 0.15) is 22.8 Å². The molecule has 0 spiro atoms. The number of aromatic nitrogens is 5. The lowest BCUT2D eigenvalue weighted by molar-refractivity contribution is 0.705. The molecule has 4 aromatic heterocycles. The minimum Gasteiger partial charge on any atom is -0.351 e. The second-order valence-electron chi connectivity index (χ2n) is 6.30. The fourth-order valence-electron chi connectivity index (χ4n) is 3.35. The van der Waals surface area contributed by atoms with Crippen LogP contribution in [-0.2, 0) is 20.0 Å². The summed E-state index contributed by atoms with van der Waals surface area (Å²) >= 11 is 1.65. The van der Waals surface area contributed by atoms with Gasteiger partial charge in [-0.1, -0.05) is 0 Å². The molecule has 5 rings (SSSR count). The summed E-state index contributed by atoms with van der Waals surface area (Å²) < 4.78 is 1.81. The monoisotopic (exact) mass is 363 g/mol. The first-order chi connectivity index (χ1) is 12.8. The average Bonchev–Trinajstić information content (AvgIpc) is 3.30. The molecule has 1 aliphatic heterocycles. The number of thiophene rings is 1. The van der Waals surface area contributed by atoms with Gasteiger partial charge in [0.25, 0.3) is 0 Å². The maximum atomic E-state index is 4.66. The molecule has 8 heteroatoms. The Morgan fingerprint density at radius 3 is 3.04 bits per heavy atom. The molecular weight excluding hydrogens is 346 g/mol. The summed E-state index contributed by atoms with van der Waals surface area (Å²) in [6.45, 7) is 1.71.